The number of ether oxygens (including phenoxy) is 1. The van der Waals surface area contributed by atoms with Crippen LogP contribution in [0.15, 0.2) is 12.4 Å². The molecule has 1 aromatic heterocycles. The van der Waals surface area contributed by atoms with Crippen LogP contribution in [0.25, 0.3) is 0 Å². The number of aldehydes is 1. The van der Waals surface area contributed by atoms with Gasteiger partial charge in [-0.15, -0.1) is 0 Å². The minimum atomic E-state index is -1.23. The normalized spacial score (nSPS) is 22.9. The molecule has 2 heterocycles. The second-order valence-corrected chi connectivity index (χ2v) is 5.84. The lowest BCUT2D eigenvalue weighted by Gasteiger charge is -2.24. The maximum atomic E-state index is 14.0. The van der Waals surface area contributed by atoms with Crippen LogP contribution in [0.4, 0.5) is 9.18 Å². The Bertz CT molecular complexity index is 509. The second-order valence-electron chi connectivity index (χ2n) is 5.84. The Balaban J connectivity index is 2.05. The van der Waals surface area contributed by atoms with Gasteiger partial charge in [0, 0.05) is 12.7 Å². The van der Waals surface area contributed by atoms with Crippen molar-refractivity contribution in [2.45, 2.75) is 38.6 Å². The molecule has 0 aromatic carbocycles. The number of rotatable bonds is 2. The van der Waals surface area contributed by atoms with E-state index in [0.29, 0.717) is 11.8 Å². The first kappa shape index (κ1) is 14.5. The third kappa shape index (κ3) is 3.15. The molecule has 0 spiro atoms. The Labute approximate surface area is 116 Å². The average molecular weight is 283 g/mol. The van der Waals surface area contributed by atoms with Gasteiger partial charge in [-0.3, -0.25) is 9.48 Å². The topological polar surface area (TPSA) is 64.4 Å². The molecule has 0 unspecified atom stereocenters. The van der Waals surface area contributed by atoms with Gasteiger partial charge < -0.3 is 9.64 Å². The van der Waals surface area contributed by atoms with E-state index in [9.17, 15) is 14.0 Å². The van der Waals surface area contributed by atoms with E-state index in [2.05, 4.69) is 5.10 Å². The Hall–Kier alpha value is -1.92. The summed E-state index contributed by atoms with van der Waals surface area (Å²) in [5.74, 6) is 0. The van der Waals surface area contributed by atoms with Crippen molar-refractivity contribution in [3.05, 3.63) is 18.0 Å². The second kappa shape index (κ2) is 5.22. The van der Waals surface area contributed by atoms with Crippen molar-refractivity contribution in [3.63, 3.8) is 0 Å². The quantitative estimate of drug-likeness (QED) is 0.777. The molecule has 0 bridgehead atoms. The number of aromatic nitrogens is 2. The molecule has 2 atom stereocenters. The lowest BCUT2D eigenvalue weighted by Crippen LogP contribution is -2.35. The number of amides is 1. The summed E-state index contributed by atoms with van der Waals surface area (Å²) in [7, 11) is 0. The van der Waals surface area contributed by atoms with E-state index < -0.39 is 23.9 Å². The molecule has 2 rings (SSSR count). The fourth-order valence-electron chi connectivity index (χ4n) is 2.07. The summed E-state index contributed by atoms with van der Waals surface area (Å²) in [5.41, 5.74) is -0.231. The molecule has 0 aliphatic carbocycles. The van der Waals surface area contributed by atoms with Crippen LogP contribution in [-0.4, -0.2) is 51.9 Å². The van der Waals surface area contributed by atoms with E-state index in [1.165, 1.54) is 22.0 Å². The van der Waals surface area contributed by atoms with E-state index in [-0.39, 0.29) is 13.1 Å². The average Bonchev–Trinajstić information content (AvgIpc) is 2.92. The highest BCUT2D eigenvalue weighted by molar-refractivity contribution is 5.73. The highest BCUT2D eigenvalue weighted by Gasteiger charge is 2.38. The largest absolute Gasteiger partial charge is 0.444 e. The molecule has 1 amide bonds. The third-order valence-electron chi connectivity index (χ3n) is 2.97. The summed E-state index contributed by atoms with van der Waals surface area (Å²) in [5, 5.41) is 3.95. The fourth-order valence-corrected chi connectivity index (χ4v) is 2.07. The Morgan fingerprint density at radius 2 is 2.20 bits per heavy atom. The van der Waals surface area contributed by atoms with Gasteiger partial charge in [-0.2, -0.15) is 5.10 Å². The van der Waals surface area contributed by atoms with Crippen molar-refractivity contribution >= 4 is 12.4 Å². The highest BCUT2D eigenvalue weighted by atomic mass is 19.1. The zero-order valence-electron chi connectivity index (χ0n) is 11.7. The smallest absolute Gasteiger partial charge is 0.410 e. The van der Waals surface area contributed by atoms with Gasteiger partial charge in [-0.05, 0) is 20.8 Å². The predicted octanol–water partition coefficient (Wildman–Crippen LogP) is 1.83. The molecular weight excluding hydrogens is 265 g/mol. The number of carbonyl (C=O) groups is 2. The summed E-state index contributed by atoms with van der Waals surface area (Å²) >= 11 is 0. The summed E-state index contributed by atoms with van der Waals surface area (Å²) in [6, 6.07) is -0.587. The molecule has 0 saturated carbocycles. The van der Waals surface area contributed by atoms with Crippen LogP contribution in [0.2, 0.25) is 0 Å². The molecule has 20 heavy (non-hydrogen) atoms. The monoisotopic (exact) mass is 283 g/mol. The van der Waals surface area contributed by atoms with Gasteiger partial charge in [0.25, 0.3) is 0 Å². The minimum Gasteiger partial charge on any atom is -0.444 e. The summed E-state index contributed by atoms with van der Waals surface area (Å²) < 4.78 is 20.6. The lowest BCUT2D eigenvalue weighted by atomic mass is 10.2. The van der Waals surface area contributed by atoms with Crippen molar-refractivity contribution in [1.82, 2.24) is 14.7 Å². The van der Waals surface area contributed by atoms with Crippen molar-refractivity contribution in [2.75, 3.05) is 13.1 Å². The van der Waals surface area contributed by atoms with E-state index >= 15 is 0 Å². The zero-order chi connectivity index (χ0) is 14.9. The molecule has 1 aliphatic heterocycles. The summed E-state index contributed by atoms with van der Waals surface area (Å²) in [6.45, 7) is 5.42. The van der Waals surface area contributed by atoms with Gasteiger partial charge in [-0.1, -0.05) is 0 Å². The van der Waals surface area contributed by atoms with Gasteiger partial charge in [-0.25, -0.2) is 9.18 Å². The summed E-state index contributed by atoms with van der Waals surface area (Å²) in [4.78, 5) is 23.8. The van der Waals surface area contributed by atoms with Crippen molar-refractivity contribution in [3.8, 4) is 0 Å². The van der Waals surface area contributed by atoms with Crippen LogP contribution in [0.5, 0.6) is 0 Å². The van der Waals surface area contributed by atoms with Gasteiger partial charge in [0.15, 0.2) is 6.29 Å². The van der Waals surface area contributed by atoms with E-state index in [0.717, 1.165) is 0 Å². The minimum absolute atomic E-state index is 0.0319. The maximum absolute atomic E-state index is 14.0. The third-order valence-corrected chi connectivity index (χ3v) is 2.97. The molecule has 110 valence electrons. The molecule has 6 nitrogen and oxygen atoms in total. The van der Waals surface area contributed by atoms with Crippen molar-refractivity contribution in [1.29, 1.82) is 0 Å². The lowest BCUT2D eigenvalue weighted by molar-refractivity contribution is 0.0281. The van der Waals surface area contributed by atoms with E-state index in [1.54, 1.807) is 20.8 Å². The number of halogens is 1. The molecule has 0 N–H and O–H groups in total. The van der Waals surface area contributed by atoms with Gasteiger partial charge in [0.2, 0.25) is 0 Å². The van der Waals surface area contributed by atoms with Gasteiger partial charge in [0.05, 0.1) is 18.3 Å². The van der Waals surface area contributed by atoms with Crippen LogP contribution in [0.3, 0.4) is 0 Å². The molecule has 1 fully saturated rings. The molecule has 7 heteroatoms. The summed E-state index contributed by atoms with van der Waals surface area (Å²) in [6.07, 6.45) is 1.73. The Morgan fingerprint density at radius 3 is 2.75 bits per heavy atom. The number of hydrogen-bond acceptors (Lipinski definition) is 4. The first-order valence-electron chi connectivity index (χ1n) is 6.41. The molecule has 1 saturated heterocycles. The first-order valence-corrected chi connectivity index (χ1v) is 6.41. The van der Waals surface area contributed by atoms with Crippen LogP contribution >= 0.6 is 0 Å². The first-order chi connectivity index (χ1) is 9.30. The van der Waals surface area contributed by atoms with Crippen LogP contribution in [0.1, 0.15) is 37.2 Å². The van der Waals surface area contributed by atoms with Crippen LogP contribution in [-0.2, 0) is 4.74 Å². The van der Waals surface area contributed by atoms with E-state index in [1.807, 2.05) is 0 Å². The molecule has 0 radical (unpaired) electrons. The number of hydrogen-bond donors (Lipinski definition) is 0. The highest BCUT2D eigenvalue weighted by Crippen LogP contribution is 2.26. The van der Waals surface area contributed by atoms with Crippen molar-refractivity contribution < 1.29 is 18.7 Å². The zero-order valence-corrected chi connectivity index (χ0v) is 11.7. The van der Waals surface area contributed by atoms with Gasteiger partial charge in [0.1, 0.15) is 17.8 Å². The Kier molecular flexibility index (Phi) is 3.78. The van der Waals surface area contributed by atoms with Crippen molar-refractivity contribution in [2.24, 2.45) is 0 Å². The predicted molar refractivity (Wildman–Crippen MR) is 69.4 cm³/mol. The fraction of sp³-hybridized carbons (Fsp3) is 0.615. The molecular formula is C13H18FN3O3. The Morgan fingerprint density at radius 1 is 1.50 bits per heavy atom. The number of alkyl halides is 1. The van der Waals surface area contributed by atoms with Gasteiger partial charge >= 0.3 is 6.09 Å². The van der Waals surface area contributed by atoms with Crippen LogP contribution in [0, 0.1) is 0 Å². The van der Waals surface area contributed by atoms with E-state index in [4.69, 9.17) is 4.74 Å². The number of carbonyl (C=O) groups excluding carboxylic acids is 2. The standard InChI is InChI=1S/C13H18FN3O3/c1-13(2,3)20-12(19)16-6-10(14)11(7-16)17-5-9(8-18)4-15-17/h4-5,8,10-11H,6-7H2,1-3H3/t10-,11-/m1/s1. The molecule has 1 aromatic rings. The number of likely N-dealkylation sites (tertiary alicyclic amines) is 1. The molecule has 1 aliphatic rings. The maximum Gasteiger partial charge on any atom is 0.410 e. The van der Waals surface area contributed by atoms with Crippen LogP contribution < -0.4 is 0 Å². The SMILES string of the molecule is CC(C)(C)OC(=O)N1C[C@@H](F)[C@H](n2cc(C=O)cn2)C1. The number of nitrogens with zero attached hydrogens (tertiary/aromatic N) is 3.